The number of carbonyl (C=O) groups is 1. The highest BCUT2D eigenvalue weighted by Crippen LogP contribution is 2.37. The third-order valence-electron chi connectivity index (χ3n) is 7.07. The molecule has 1 heterocycles. The van der Waals surface area contributed by atoms with E-state index in [0.717, 1.165) is 31.6 Å². The van der Waals surface area contributed by atoms with E-state index in [9.17, 15) is 13.2 Å². The van der Waals surface area contributed by atoms with Crippen molar-refractivity contribution in [2.45, 2.75) is 75.3 Å². The Morgan fingerprint density at radius 3 is 1.97 bits per heavy atom. The Balaban J connectivity index is 1.38. The van der Waals surface area contributed by atoms with Gasteiger partial charge in [0.05, 0.1) is 12.0 Å². The van der Waals surface area contributed by atoms with Gasteiger partial charge in [-0.05, 0) is 81.5 Å². The van der Waals surface area contributed by atoms with Crippen LogP contribution in [0.15, 0.2) is 29.2 Å². The minimum absolute atomic E-state index is 0.0488. The van der Waals surface area contributed by atoms with E-state index in [1.807, 2.05) is 0 Å². The van der Waals surface area contributed by atoms with Crippen molar-refractivity contribution in [2.75, 3.05) is 20.2 Å². The van der Waals surface area contributed by atoms with E-state index in [0.29, 0.717) is 43.8 Å². The summed E-state index contributed by atoms with van der Waals surface area (Å²) in [6.45, 7) is 3.12. The van der Waals surface area contributed by atoms with E-state index >= 15 is 0 Å². The molecule has 30 heavy (non-hydrogen) atoms. The van der Waals surface area contributed by atoms with Gasteiger partial charge in [0.25, 0.3) is 0 Å². The molecule has 3 aliphatic rings. The molecule has 0 N–H and O–H groups in total. The van der Waals surface area contributed by atoms with E-state index in [-0.39, 0.29) is 16.7 Å². The van der Waals surface area contributed by atoms with Gasteiger partial charge in [0.15, 0.2) is 0 Å². The standard InChI is InChI=1S/C23H34N2O4S/c1-17-3-5-19(6-4-17)25(20-7-8-20)23(26)18-13-15-24(16-14-18)30(27,28)22-11-9-21(29-2)10-12-22/h9-12,17-20H,3-8,13-16H2,1-2H3. The second kappa shape index (κ2) is 8.87. The van der Waals surface area contributed by atoms with E-state index < -0.39 is 10.0 Å². The van der Waals surface area contributed by atoms with Crippen LogP contribution in [-0.2, 0) is 14.8 Å². The monoisotopic (exact) mass is 434 g/mol. The summed E-state index contributed by atoms with van der Waals surface area (Å²) in [6, 6.07) is 7.33. The fourth-order valence-corrected chi connectivity index (χ4v) is 6.45. The first-order chi connectivity index (χ1) is 14.4. The van der Waals surface area contributed by atoms with Gasteiger partial charge in [-0.15, -0.1) is 0 Å². The van der Waals surface area contributed by atoms with Crippen molar-refractivity contribution in [2.24, 2.45) is 11.8 Å². The summed E-state index contributed by atoms with van der Waals surface area (Å²) < 4.78 is 32.6. The molecule has 1 aromatic rings. The lowest BCUT2D eigenvalue weighted by molar-refractivity contribution is -0.140. The molecule has 1 saturated heterocycles. The van der Waals surface area contributed by atoms with Gasteiger partial charge in [-0.1, -0.05) is 6.92 Å². The van der Waals surface area contributed by atoms with E-state index in [1.54, 1.807) is 31.4 Å². The number of ether oxygens (including phenoxy) is 1. The molecule has 2 aliphatic carbocycles. The molecular formula is C23H34N2O4S. The zero-order valence-corrected chi connectivity index (χ0v) is 18.9. The first kappa shape index (κ1) is 21.6. The molecule has 6 nitrogen and oxygen atoms in total. The zero-order chi connectivity index (χ0) is 21.3. The number of benzene rings is 1. The van der Waals surface area contributed by atoms with Crippen molar-refractivity contribution in [3.05, 3.63) is 24.3 Å². The van der Waals surface area contributed by atoms with Crippen LogP contribution < -0.4 is 4.74 Å². The number of rotatable bonds is 6. The Hall–Kier alpha value is -1.60. The van der Waals surface area contributed by atoms with Crippen LogP contribution in [0.1, 0.15) is 58.3 Å². The molecule has 0 unspecified atom stereocenters. The number of carbonyl (C=O) groups excluding carboxylic acids is 1. The molecule has 1 amide bonds. The molecule has 0 atom stereocenters. The highest BCUT2D eigenvalue weighted by atomic mass is 32.2. The van der Waals surface area contributed by atoms with Gasteiger partial charge < -0.3 is 9.64 Å². The fraction of sp³-hybridized carbons (Fsp3) is 0.696. The van der Waals surface area contributed by atoms with Crippen LogP contribution in [0, 0.1) is 11.8 Å². The van der Waals surface area contributed by atoms with Crippen LogP contribution in [-0.4, -0.2) is 55.8 Å². The van der Waals surface area contributed by atoms with Crippen LogP contribution in [0.5, 0.6) is 5.75 Å². The summed E-state index contributed by atoms with van der Waals surface area (Å²) in [6.07, 6.45) is 8.13. The molecule has 1 aliphatic heterocycles. The third-order valence-corrected chi connectivity index (χ3v) is 8.99. The minimum Gasteiger partial charge on any atom is -0.497 e. The topological polar surface area (TPSA) is 66.9 Å². The van der Waals surface area contributed by atoms with Gasteiger partial charge in [0, 0.05) is 31.1 Å². The quantitative estimate of drug-likeness (QED) is 0.685. The summed E-state index contributed by atoms with van der Waals surface area (Å²) in [5, 5.41) is 0. The van der Waals surface area contributed by atoms with Crippen molar-refractivity contribution >= 4 is 15.9 Å². The first-order valence-electron chi connectivity index (χ1n) is 11.4. The second-order valence-electron chi connectivity index (χ2n) is 9.24. The molecule has 0 spiro atoms. The van der Waals surface area contributed by atoms with Crippen molar-refractivity contribution in [1.82, 2.24) is 9.21 Å². The highest BCUT2D eigenvalue weighted by Gasteiger charge is 2.42. The average molecular weight is 435 g/mol. The number of hydrogen-bond donors (Lipinski definition) is 0. The minimum atomic E-state index is -3.53. The maximum Gasteiger partial charge on any atom is 0.243 e. The van der Waals surface area contributed by atoms with Crippen LogP contribution in [0.4, 0.5) is 0 Å². The van der Waals surface area contributed by atoms with Crippen molar-refractivity contribution in [1.29, 1.82) is 0 Å². The average Bonchev–Trinajstić information content (AvgIpc) is 3.60. The summed E-state index contributed by atoms with van der Waals surface area (Å²) in [7, 11) is -1.97. The zero-order valence-electron chi connectivity index (χ0n) is 18.1. The van der Waals surface area contributed by atoms with Crippen molar-refractivity contribution < 1.29 is 17.9 Å². The number of piperidine rings is 1. The van der Waals surface area contributed by atoms with Crippen LogP contribution in [0.25, 0.3) is 0 Å². The fourth-order valence-electron chi connectivity index (χ4n) is 4.98. The summed E-state index contributed by atoms with van der Waals surface area (Å²) in [5.41, 5.74) is 0. The van der Waals surface area contributed by atoms with Crippen molar-refractivity contribution in [3.63, 3.8) is 0 Å². The van der Waals surface area contributed by atoms with Crippen LogP contribution >= 0.6 is 0 Å². The molecule has 0 aromatic heterocycles. The maximum absolute atomic E-state index is 13.4. The molecule has 1 aromatic carbocycles. The van der Waals surface area contributed by atoms with E-state index in [4.69, 9.17) is 4.74 Å². The Morgan fingerprint density at radius 2 is 1.47 bits per heavy atom. The number of nitrogens with zero attached hydrogens (tertiary/aromatic N) is 2. The molecule has 3 fully saturated rings. The molecular weight excluding hydrogens is 400 g/mol. The lowest BCUT2D eigenvalue weighted by Crippen LogP contribution is -2.49. The maximum atomic E-state index is 13.4. The molecule has 2 saturated carbocycles. The molecule has 0 radical (unpaired) electrons. The largest absolute Gasteiger partial charge is 0.497 e. The molecule has 166 valence electrons. The molecule has 4 rings (SSSR count). The van der Waals surface area contributed by atoms with Gasteiger partial charge in [-0.25, -0.2) is 8.42 Å². The molecule has 7 heteroatoms. The van der Waals surface area contributed by atoms with Gasteiger partial charge in [-0.2, -0.15) is 4.31 Å². The second-order valence-corrected chi connectivity index (χ2v) is 11.2. The van der Waals surface area contributed by atoms with Gasteiger partial charge >= 0.3 is 0 Å². The summed E-state index contributed by atoms with van der Waals surface area (Å²) in [5.74, 6) is 1.63. The van der Waals surface area contributed by atoms with Crippen LogP contribution in [0.2, 0.25) is 0 Å². The van der Waals surface area contributed by atoms with Gasteiger partial charge in [0.2, 0.25) is 15.9 Å². The highest BCUT2D eigenvalue weighted by molar-refractivity contribution is 7.89. The normalized spacial score (nSPS) is 26.3. The van der Waals surface area contributed by atoms with Gasteiger partial charge in [-0.3, -0.25) is 4.79 Å². The lowest BCUT2D eigenvalue weighted by Gasteiger charge is -2.40. The number of methoxy groups -OCH3 is 1. The number of amides is 1. The Morgan fingerprint density at radius 1 is 0.933 bits per heavy atom. The SMILES string of the molecule is COc1ccc(S(=O)(=O)N2CCC(C(=O)N(C3CCC(C)CC3)C3CC3)CC2)cc1. The number of sulfonamides is 1. The van der Waals surface area contributed by atoms with Crippen molar-refractivity contribution in [3.8, 4) is 5.75 Å². The predicted octanol–water partition coefficient (Wildman–Crippen LogP) is 3.67. The first-order valence-corrected chi connectivity index (χ1v) is 12.8. The summed E-state index contributed by atoms with van der Waals surface area (Å²) in [4.78, 5) is 15.9. The third kappa shape index (κ3) is 4.52. The van der Waals surface area contributed by atoms with Gasteiger partial charge in [0.1, 0.15) is 5.75 Å². The molecule has 0 bridgehead atoms. The smallest absolute Gasteiger partial charge is 0.243 e. The van der Waals surface area contributed by atoms with E-state index in [1.165, 1.54) is 17.1 Å². The predicted molar refractivity (Wildman–Crippen MR) is 116 cm³/mol. The Labute approximate surface area is 180 Å². The van der Waals surface area contributed by atoms with Crippen LogP contribution in [0.3, 0.4) is 0 Å². The number of hydrogen-bond acceptors (Lipinski definition) is 4. The Bertz CT molecular complexity index is 834. The lowest BCUT2D eigenvalue weighted by atomic mass is 9.85. The summed E-state index contributed by atoms with van der Waals surface area (Å²) >= 11 is 0. The Kier molecular flexibility index (Phi) is 6.39. The van der Waals surface area contributed by atoms with E-state index in [2.05, 4.69) is 11.8 Å².